The highest BCUT2D eigenvalue weighted by Gasteiger charge is 2.29. The number of nitrogens with zero attached hydrogens (tertiary/aromatic N) is 3. The highest BCUT2D eigenvalue weighted by molar-refractivity contribution is 7.12. The molecule has 1 amide bonds. The van der Waals surface area contributed by atoms with E-state index >= 15 is 0 Å². The van der Waals surface area contributed by atoms with Crippen LogP contribution in [0.3, 0.4) is 0 Å². The summed E-state index contributed by atoms with van der Waals surface area (Å²) in [5.74, 6) is -1.31. The number of carboxylic acids is 1. The molecule has 2 aromatic heterocycles. The van der Waals surface area contributed by atoms with Gasteiger partial charge in [-0.2, -0.15) is 5.10 Å². The molecule has 1 unspecified atom stereocenters. The maximum Gasteiger partial charge on any atom is 0.303 e. The first-order valence-corrected chi connectivity index (χ1v) is 12.5. The lowest BCUT2D eigenvalue weighted by Crippen LogP contribution is -2.33. The first-order valence-electron chi connectivity index (χ1n) is 11.6. The molecule has 2 N–H and O–H groups in total. The fourth-order valence-corrected chi connectivity index (χ4v) is 4.73. The Bertz CT molecular complexity index is 1350. The van der Waals surface area contributed by atoms with Gasteiger partial charge in [0, 0.05) is 42.1 Å². The fraction of sp³-hybridized carbons (Fsp3) is 0.214. The molecule has 8 heteroatoms. The van der Waals surface area contributed by atoms with Gasteiger partial charge in [-0.3, -0.25) is 9.59 Å². The van der Waals surface area contributed by atoms with Crippen molar-refractivity contribution in [2.24, 2.45) is 0 Å². The van der Waals surface area contributed by atoms with Crippen molar-refractivity contribution in [3.05, 3.63) is 94.3 Å². The number of carbonyl (C=O) groups is 2. The molecule has 0 aliphatic rings. The van der Waals surface area contributed by atoms with Crippen molar-refractivity contribution >= 4 is 28.9 Å². The molecule has 7 nitrogen and oxygen atoms in total. The number of rotatable bonds is 10. The Kier molecular flexibility index (Phi) is 7.75. The molecule has 36 heavy (non-hydrogen) atoms. The summed E-state index contributed by atoms with van der Waals surface area (Å²) in [6, 6.07) is 21.1. The number of aryl methyl sites for hydroxylation is 1. The van der Waals surface area contributed by atoms with Gasteiger partial charge >= 0.3 is 5.97 Å². The van der Waals surface area contributed by atoms with Crippen LogP contribution in [0.1, 0.15) is 41.3 Å². The van der Waals surface area contributed by atoms with E-state index < -0.39 is 12.0 Å². The second kappa shape index (κ2) is 11.1. The van der Waals surface area contributed by atoms with Gasteiger partial charge in [0.25, 0.3) is 0 Å². The van der Waals surface area contributed by atoms with Gasteiger partial charge in [0.1, 0.15) is 0 Å². The molecule has 0 bridgehead atoms. The van der Waals surface area contributed by atoms with E-state index in [2.05, 4.69) is 0 Å². The second-order valence-electron chi connectivity index (χ2n) is 8.65. The molecule has 0 fully saturated rings. The third kappa shape index (κ3) is 5.78. The van der Waals surface area contributed by atoms with Crippen molar-refractivity contribution < 1.29 is 14.7 Å². The van der Waals surface area contributed by atoms with Gasteiger partial charge < -0.3 is 15.4 Å². The van der Waals surface area contributed by atoms with Gasteiger partial charge in [0.2, 0.25) is 5.91 Å². The van der Waals surface area contributed by atoms with Crippen molar-refractivity contribution in [1.82, 2.24) is 14.7 Å². The fourth-order valence-electron chi connectivity index (χ4n) is 4.04. The lowest BCUT2D eigenvalue weighted by atomic mass is 9.95. The van der Waals surface area contributed by atoms with Crippen LogP contribution in [0.25, 0.3) is 16.9 Å². The average molecular weight is 501 g/mol. The average Bonchev–Trinajstić information content (AvgIpc) is 3.57. The Morgan fingerprint density at radius 3 is 2.42 bits per heavy atom. The van der Waals surface area contributed by atoms with E-state index in [9.17, 15) is 9.59 Å². The van der Waals surface area contributed by atoms with Gasteiger partial charge in [-0.05, 0) is 30.5 Å². The number of carbonyl (C=O) groups excluding carboxylic acids is 1. The van der Waals surface area contributed by atoms with Crippen LogP contribution in [0.2, 0.25) is 0 Å². The Hall–Kier alpha value is -4.04. The molecular weight excluding hydrogens is 472 g/mol. The molecule has 0 aliphatic carbocycles. The lowest BCUT2D eigenvalue weighted by Gasteiger charge is -2.28. The summed E-state index contributed by atoms with van der Waals surface area (Å²) in [6.07, 6.45) is 1.83. The van der Waals surface area contributed by atoms with E-state index in [0.717, 1.165) is 32.9 Å². The normalized spacial score (nSPS) is 11.7. The molecule has 0 saturated carbocycles. The number of para-hydroxylation sites is 1. The number of amides is 1. The minimum Gasteiger partial charge on any atom is -0.481 e. The lowest BCUT2D eigenvalue weighted by molar-refractivity contribution is -0.141. The Balaban J connectivity index is 1.81. The summed E-state index contributed by atoms with van der Waals surface area (Å²) >= 11 is 1.48. The van der Waals surface area contributed by atoms with E-state index in [1.54, 1.807) is 16.6 Å². The summed E-state index contributed by atoms with van der Waals surface area (Å²) < 4.78 is 1.79. The monoisotopic (exact) mass is 500 g/mol. The summed E-state index contributed by atoms with van der Waals surface area (Å²) in [5, 5.41) is 24.7. The molecule has 4 rings (SSSR count). The molecule has 2 heterocycles. The summed E-state index contributed by atoms with van der Waals surface area (Å²) in [4.78, 5) is 26.6. The van der Waals surface area contributed by atoms with Crippen molar-refractivity contribution in [1.29, 1.82) is 5.41 Å². The molecular formula is C28H28N4O3S. The smallest absolute Gasteiger partial charge is 0.303 e. The number of hydrogen-bond acceptors (Lipinski definition) is 5. The Morgan fingerprint density at radius 1 is 1.06 bits per heavy atom. The number of carboxylic acid groups (broad SMARTS) is 1. The zero-order valence-corrected chi connectivity index (χ0v) is 21.0. The Labute approximate surface area is 214 Å². The number of thiophene rings is 1. The SMILES string of the molecule is Cc1ccc(-c2nn(-c3ccccc3)cc2C(CC(=N)c2cccs2)N(C)C(=O)CCC(=O)O)cc1. The van der Waals surface area contributed by atoms with Gasteiger partial charge in [-0.15, -0.1) is 11.3 Å². The molecule has 0 spiro atoms. The molecule has 1 atom stereocenters. The first kappa shape index (κ1) is 25.1. The molecule has 0 saturated heterocycles. The quantitative estimate of drug-likeness (QED) is 0.272. The van der Waals surface area contributed by atoms with E-state index in [0.29, 0.717) is 5.71 Å². The van der Waals surface area contributed by atoms with E-state index in [-0.39, 0.29) is 25.2 Å². The van der Waals surface area contributed by atoms with E-state index in [1.165, 1.54) is 11.3 Å². The maximum absolute atomic E-state index is 13.1. The Morgan fingerprint density at radius 2 is 1.78 bits per heavy atom. The standard InChI is InChI=1S/C28H28N4O3S/c1-19-10-12-20(13-11-19)28-22(18-32(30-28)21-7-4-3-5-8-21)24(17-23(29)25-9-6-16-36-25)31(2)26(33)14-15-27(34)35/h3-13,16,18,24,29H,14-15,17H2,1-2H3,(H,34,35). The van der Waals surface area contributed by atoms with Crippen LogP contribution < -0.4 is 0 Å². The van der Waals surface area contributed by atoms with Crippen LogP contribution in [-0.4, -0.2) is 44.4 Å². The molecule has 0 aliphatic heterocycles. The minimum absolute atomic E-state index is 0.110. The predicted molar refractivity (Wildman–Crippen MR) is 142 cm³/mol. The summed E-state index contributed by atoms with van der Waals surface area (Å²) in [5.41, 5.74) is 4.85. The largest absolute Gasteiger partial charge is 0.481 e. The van der Waals surface area contributed by atoms with Crippen molar-refractivity contribution in [3.8, 4) is 16.9 Å². The van der Waals surface area contributed by atoms with E-state index in [1.807, 2.05) is 85.2 Å². The zero-order valence-electron chi connectivity index (χ0n) is 20.2. The van der Waals surface area contributed by atoms with Gasteiger partial charge in [0.05, 0.1) is 29.6 Å². The van der Waals surface area contributed by atoms with Crippen LogP contribution in [0, 0.1) is 12.3 Å². The number of nitrogens with one attached hydrogen (secondary N) is 1. The highest BCUT2D eigenvalue weighted by Crippen LogP contribution is 2.35. The zero-order chi connectivity index (χ0) is 25.7. The van der Waals surface area contributed by atoms with Crippen LogP contribution in [0.4, 0.5) is 0 Å². The molecule has 2 aromatic carbocycles. The number of aliphatic carboxylic acids is 1. The molecule has 184 valence electrons. The van der Waals surface area contributed by atoms with Crippen LogP contribution in [0.15, 0.2) is 78.3 Å². The van der Waals surface area contributed by atoms with Crippen LogP contribution >= 0.6 is 11.3 Å². The van der Waals surface area contributed by atoms with Crippen molar-refractivity contribution in [3.63, 3.8) is 0 Å². The minimum atomic E-state index is -1.02. The third-order valence-electron chi connectivity index (χ3n) is 6.08. The maximum atomic E-state index is 13.1. The van der Waals surface area contributed by atoms with Crippen molar-refractivity contribution in [2.75, 3.05) is 7.05 Å². The number of hydrogen-bond donors (Lipinski definition) is 2. The summed E-state index contributed by atoms with van der Waals surface area (Å²) in [6.45, 7) is 2.02. The number of aromatic nitrogens is 2. The second-order valence-corrected chi connectivity index (χ2v) is 9.60. The van der Waals surface area contributed by atoms with Gasteiger partial charge in [-0.1, -0.05) is 54.1 Å². The van der Waals surface area contributed by atoms with Gasteiger partial charge in [0.15, 0.2) is 0 Å². The highest BCUT2D eigenvalue weighted by atomic mass is 32.1. The van der Waals surface area contributed by atoms with Crippen LogP contribution in [-0.2, 0) is 9.59 Å². The summed E-state index contributed by atoms with van der Waals surface area (Å²) in [7, 11) is 1.68. The topological polar surface area (TPSA) is 99.3 Å². The van der Waals surface area contributed by atoms with E-state index in [4.69, 9.17) is 15.6 Å². The van der Waals surface area contributed by atoms with Crippen LogP contribution in [0.5, 0.6) is 0 Å². The number of benzene rings is 2. The predicted octanol–water partition coefficient (Wildman–Crippen LogP) is 5.73. The molecule has 0 radical (unpaired) electrons. The van der Waals surface area contributed by atoms with Crippen molar-refractivity contribution in [2.45, 2.75) is 32.2 Å². The third-order valence-corrected chi connectivity index (χ3v) is 7.01. The first-order chi connectivity index (χ1) is 17.3. The molecule has 4 aromatic rings. The van der Waals surface area contributed by atoms with Gasteiger partial charge in [-0.25, -0.2) is 4.68 Å².